The number of fused-ring (bicyclic) bond motifs is 1. The number of aromatic nitrogens is 1. The number of rotatable bonds is 5. The van der Waals surface area contributed by atoms with Crippen LogP contribution in [0.15, 0.2) is 28.7 Å². The van der Waals surface area contributed by atoms with E-state index in [-0.39, 0.29) is 11.8 Å². The van der Waals surface area contributed by atoms with E-state index in [0.717, 1.165) is 37.0 Å². The van der Waals surface area contributed by atoms with Crippen molar-refractivity contribution in [1.29, 1.82) is 0 Å². The standard InChI is InChI=1S/C18H25N3O2/c1-13(2)21-11-5-6-14(12-21)18(22)19-10-9-17-20-15-7-3-4-8-16(15)23-17/h3-4,7-8,13-14H,5-6,9-12H2,1-2H3,(H,19,22)/t14-/m0/s1. The average Bonchev–Trinajstić information content (AvgIpc) is 2.97. The summed E-state index contributed by atoms with van der Waals surface area (Å²) in [6.07, 6.45) is 2.71. The smallest absolute Gasteiger partial charge is 0.224 e. The number of hydrogen-bond donors (Lipinski definition) is 1. The summed E-state index contributed by atoms with van der Waals surface area (Å²) in [6.45, 7) is 6.92. The van der Waals surface area contributed by atoms with Gasteiger partial charge in [-0.05, 0) is 45.4 Å². The van der Waals surface area contributed by atoms with Crippen LogP contribution in [-0.2, 0) is 11.2 Å². The highest BCUT2D eigenvalue weighted by Gasteiger charge is 2.26. The van der Waals surface area contributed by atoms with E-state index in [4.69, 9.17) is 4.42 Å². The molecule has 0 bridgehead atoms. The van der Waals surface area contributed by atoms with Gasteiger partial charge in [0.15, 0.2) is 11.5 Å². The Morgan fingerprint density at radius 1 is 1.43 bits per heavy atom. The van der Waals surface area contributed by atoms with E-state index in [1.54, 1.807) is 0 Å². The topological polar surface area (TPSA) is 58.4 Å². The van der Waals surface area contributed by atoms with Crippen LogP contribution in [-0.4, -0.2) is 41.5 Å². The molecule has 0 aliphatic carbocycles. The molecule has 0 spiro atoms. The van der Waals surface area contributed by atoms with E-state index in [2.05, 4.69) is 29.0 Å². The van der Waals surface area contributed by atoms with E-state index in [0.29, 0.717) is 24.9 Å². The van der Waals surface area contributed by atoms with Gasteiger partial charge in [0, 0.05) is 25.6 Å². The number of carbonyl (C=O) groups excluding carboxylic acids is 1. The third kappa shape index (κ3) is 3.91. The number of nitrogens with zero attached hydrogens (tertiary/aromatic N) is 2. The molecule has 2 heterocycles. The molecule has 0 saturated carbocycles. The Labute approximate surface area is 137 Å². The lowest BCUT2D eigenvalue weighted by Crippen LogP contribution is -2.45. The first-order valence-electron chi connectivity index (χ1n) is 8.49. The summed E-state index contributed by atoms with van der Waals surface area (Å²) < 4.78 is 5.67. The maximum Gasteiger partial charge on any atom is 0.224 e. The Kier molecular flexibility index (Phi) is 4.96. The molecular weight excluding hydrogens is 290 g/mol. The molecule has 23 heavy (non-hydrogen) atoms. The molecule has 3 rings (SSSR count). The Morgan fingerprint density at radius 3 is 3.04 bits per heavy atom. The summed E-state index contributed by atoms with van der Waals surface area (Å²) >= 11 is 0. The fraction of sp³-hybridized carbons (Fsp3) is 0.556. The van der Waals surface area contributed by atoms with Crippen LogP contribution >= 0.6 is 0 Å². The summed E-state index contributed by atoms with van der Waals surface area (Å²) in [7, 11) is 0. The zero-order valence-corrected chi connectivity index (χ0v) is 13.9. The van der Waals surface area contributed by atoms with Gasteiger partial charge >= 0.3 is 0 Å². The second-order valence-electron chi connectivity index (χ2n) is 6.54. The highest BCUT2D eigenvalue weighted by molar-refractivity contribution is 5.79. The Hall–Kier alpha value is -1.88. The van der Waals surface area contributed by atoms with Crippen LogP contribution in [0.2, 0.25) is 0 Å². The van der Waals surface area contributed by atoms with Crippen molar-refractivity contribution in [1.82, 2.24) is 15.2 Å². The van der Waals surface area contributed by atoms with E-state index in [1.807, 2.05) is 24.3 Å². The molecule has 1 aromatic heterocycles. The minimum Gasteiger partial charge on any atom is -0.441 e. The molecule has 1 aliphatic rings. The number of para-hydroxylation sites is 2. The second-order valence-corrected chi connectivity index (χ2v) is 6.54. The first-order valence-corrected chi connectivity index (χ1v) is 8.49. The van der Waals surface area contributed by atoms with Gasteiger partial charge in [0.25, 0.3) is 0 Å². The summed E-state index contributed by atoms with van der Waals surface area (Å²) in [5, 5.41) is 3.04. The molecule has 1 atom stereocenters. The van der Waals surface area contributed by atoms with Crippen molar-refractivity contribution in [3.8, 4) is 0 Å². The van der Waals surface area contributed by atoms with Gasteiger partial charge in [-0.2, -0.15) is 0 Å². The van der Waals surface area contributed by atoms with Gasteiger partial charge in [-0.25, -0.2) is 4.98 Å². The van der Waals surface area contributed by atoms with Gasteiger partial charge in [0.1, 0.15) is 5.52 Å². The van der Waals surface area contributed by atoms with Crippen LogP contribution in [0.1, 0.15) is 32.6 Å². The van der Waals surface area contributed by atoms with Crippen LogP contribution in [0.3, 0.4) is 0 Å². The number of likely N-dealkylation sites (tertiary alicyclic amines) is 1. The monoisotopic (exact) mass is 315 g/mol. The fourth-order valence-electron chi connectivity index (χ4n) is 3.15. The summed E-state index contributed by atoms with van der Waals surface area (Å²) in [5.74, 6) is 0.945. The lowest BCUT2D eigenvalue weighted by Gasteiger charge is -2.34. The normalized spacial score (nSPS) is 19.3. The van der Waals surface area contributed by atoms with Gasteiger partial charge in [0.2, 0.25) is 5.91 Å². The van der Waals surface area contributed by atoms with E-state index < -0.39 is 0 Å². The number of oxazole rings is 1. The lowest BCUT2D eigenvalue weighted by molar-refractivity contribution is -0.126. The molecule has 1 N–H and O–H groups in total. The molecule has 0 unspecified atom stereocenters. The maximum atomic E-state index is 12.3. The molecule has 1 fully saturated rings. The number of piperidine rings is 1. The summed E-state index contributed by atoms with van der Waals surface area (Å²) in [6, 6.07) is 8.23. The van der Waals surface area contributed by atoms with Crippen molar-refractivity contribution < 1.29 is 9.21 Å². The predicted molar refractivity (Wildman–Crippen MR) is 90.2 cm³/mol. The third-order valence-electron chi connectivity index (χ3n) is 4.53. The number of amides is 1. The van der Waals surface area contributed by atoms with Crippen molar-refractivity contribution in [2.75, 3.05) is 19.6 Å². The minimum atomic E-state index is 0.106. The molecule has 1 amide bonds. The van der Waals surface area contributed by atoms with Crippen molar-refractivity contribution in [3.05, 3.63) is 30.2 Å². The zero-order valence-electron chi connectivity index (χ0n) is 13.9. The van der Waals surface area contributed by atoms with Gasteiger partial charge < -0.3 is 14.6 Å². The highest BCUT2D eigenvalue weighted by atomic mass is 16.3. The molecule has 124 valence electrons. The lowest BCUT2D eigenvalue weighted by atomic mass is 9.96. The fourth-order valence-corrected chi connectivity index (χ4v) is 3.15. The second kappa shape index (κ2) is 7.13. The molecular formula is C18H25N3O2. The Bertz CT molecular complexity index is 632. The predicted octanol–water partition coefficient (Wildman–Crippen LogP) is 2.61. The van der Waals surface area contributed by atoms with Crippen LogP contribution in [0.4, 0.5) is 0 Å². The summed E-state index contributed by atoms with van der Waals surface area (Å²) in [5.41, 5.74) is 1.67. The largest absolute Gasteiger partial charge is 0.441 e. The molecule has 2 aromatic rings. The average molecular weight is 315 g/mol. The van der Waals surface area contributed by atoms with Crippen LogP contribution < -0.4 is 5.32 Å². The van der Waals surface area contributed by atoms with Crippen LogP contribution in [0, 0.1) is 5.92 Å². The van der Waals surface area contributed by atoms with Crippen molar-refractivity contribution in [3.63, 3.8) is 0 Å². The first kappa shape index (κ1) is 16.0. The van der Waals surface area contributed by atoms with E-state index in [9.17, 15) is 4.79 Å². The van der Waals surface area contributed by atoms with Crippen LogP contribution in [0.25, 0.3) is 11.1 Å². The number of nitrogens with one attached hydrogen (secondary N) is 1. The van der Waals surface area contributed by atoms with Gasteiger partial charge in [-0.15, -0.1) is 0 Å². The van der Waals surface area contributed by atoms with E-state index >= 15 is 0 Å². The first-order chi connectivity index (χ1) is 11.1. The third-order valence-corrected chi connectivity index (χ3v) is 4.53. The maximum absolute atomic E-state index is 12.3. The zero-order chi connectivity index (χ0) is 16.2. The van der Waals surface area contributed by atoms with Crippen molar-refractivity contribution >= 4 is 17.0 Å². The molecule has 1 aliphatic heterocycles. The quantitative estimate of drug-likeness (QED) is 0.921. The molecule has 5 nitrogen and oxygen atoms in total. The number of benzene rings is 1. The number of hydrogen-bond acceptors (Lipinski definition) is 4. The molecule has 1 aromatic carbocycles. The molecule has 5 heteroatoms. The number of carbonyl (C=O) groups is 1. The van der Waals surface area contributed by atoms with Crippen molar-refractivity contribution in [2.24, 2.45) is 5.92 Å². The van der Waals surface area contributed by atoms with Crippen molar-refractivity contribution in [2.45, 2.75) is 39.2 Å². The SMILES string of the molecule is CC(C)N1CCC[C@H](C(=O)NCCc2nc3ccccc3o2)C1. The molecule has 1 saturated heterocycles. The Morgan fingerprint density at radius 2 is 2.26 bits per heavy atom. The van der Waals surface area contributed by atoms with Gasteiger partial charge in [-0.3, -0.25) is 4.79 Å². The Balaban J connectivity index is 1.49. The summed E-state index contributed by atoms with van der Waals surface area (Å²) in [4.78, 5) is 19.2. The minimum absolute atomic E-state index is 0.106. The van der Waals surface area contributed by atoms with Gasteiger partial charge in [-0.1, -0.05) is 12.1 Å². The van der Waals surface area contributed by atoms with Crippen LogP contribution in [0.5, 0.6) is 0 Å². The highest BCUT2D eigenvalue weighted by Crippen LogP contribution is 2.19. The van der Waals surface area contributed by atoms with Gasteiger partial charge in [0.05, 0.1) is 5.92 Å². The molecule has 0 radical (unpaired) electrons. The van der Waals surface area contributed by atoms with E-state index in [1.165, 1.54) is 0 Å².